The first-order valence-electron chi connectivity index (χ1n) is 41.5. The summed E-state index contributed by atoms with van der Waals surface area (Å²) >= 11 is 0. The zero-order valence-corrected chi connectivity index (χ0v) is 66.0. The number of hydrogen-bond acceptors (Lipinski definition) is 9. The molecule has 0 saturated carbocycles. The van der Waals surface area contributed by atoms with Crippen LogP contribution in [0.25, 0.3) is 263 Å². The monoisotopic (exact) mass is 1570 g/mol. The molecule has 0 N–H and O–H groups in total. The number of furan rings is 3. The van der Waals surface area contributed by atoms with E-state index >= 15 is 0 Å². The third-order valence-corrected chi connectivity index (χ3v) is 24.8. The van der Waals surface area contributed by atoms with Crippen LogP contribution >= 0.6 is 0 Å². The third-order valence-electron chi connectivity index (χ3n) is 24.8. The summed E-state index contributed by atoms with van der Waals surface area (Å²) in [4.78, 5) is 30.6. The molecule has 123 heavy (non-hydrogen) atoms. The van der Waals surface area contributed by atoms with Gasteiger partial charge in [0.05, 0.1) is 68.8 Å². The molecular weight excluding hydrogens is 1500 g/mol. The van der Waals surface area contributed by atoms with Crippen LogP contribution < -0.4 is 0 Å². The van der Waals surface area contributed by atoms with Crippen molar-refractivity contribution in [1.82, 2.24) is 29.9 Å². The number of rotatable bonds is 6. The van der Waals surface area contributed by atoms with E-state index in [9.17, 15) is 0 Å². The summed E-state index contributed by atoms with van der Waals surface area (Å²) in [6.07, 6.45) is 5.71. The van der Waals surface area contributed by atoms with E-state index in [-0.39, 0.29) is 0 Å². The Labute approximate surface area is 702 Å². The molecule has 0 spiro atoms. The highest BCUT2D eigenvalue weighted by Gasteiger charge is 2.24. The summed E-state index contributed by atoms with van der Waals surface area (Å²) in [6.45, 7) is 0. The van der Waals surface area contributed by atoms with E-state index in [0.717, 1.165) is 198 Å². The van der Waals surface area contributed by atoms with Crippen LogP contribution in [0.15, 0.2) is 414 Å². The maximum atomic E-state index is 6.58. The molecule has 0 fully saturated rings. The molecule has 9 heteroatoms. The number of para-hydroxylation sites is 3. The van der Waals surface area contributed by atoms with Gasteiger partial charge in [-0.3, -0.25) is 15.0 Å². The molecule has 6 aromatic heterocycles. The second-order valence-corrected chi connectivity index (χ2v) is 31.7. The molecule has 0 radical (unpaired) electrons. The van der Waals surface area contributed by atoms with E-state index in [1.165, 1.54) is 64.6 Å². The van der Waals surface area contributed by atoms with Crippen LogP contribution in [0.4, 0.5) is 0 Å². The minimum atomic E-state index is 0.839. The Bertz CT molecular complexity index is 9020. The first-order chi connectivity index (χ1) is 61.0. The van der Waals surface area contributed by atoms with Gasteiger partial charge in [-0.1, -0.05) is 340 Å². The Morgan fingerprint density at radius 3 is 0.846 bits per heavy atom. The van der Waals surface area contributed by atoms with E-state index in [1.807, 2.05) is 55.0 Å². The normalized spacial score (nSPS) is 11.9. The van der Waals surface area contributed by atoms with Gasteiger partial charge in [-0.15, -0.1) is 0 Å². The van der Waals surface area contributed by atoms with Gasteiger partial charge in [0.2, 0.25) is 0 Å². The van der Waals surface area contributed by atoms with Gasteiger partial charge in [0.25, 0.3) is 0 Å². The summed E-state index contributed by atoms with van der Waals surface area (Å²) in [5, 5.41) is 27.9. The molecule has 0 aliphatic rings. The lowest BCUT2D eigenvalue weighted by atomic mass is 9.92. The zero-order chi connectivity index (χ0) is 80.7. The topological polar surface area (TPSA) is 117 Å². The predicted molar refractivity (Wildman–Crippen MR) is 511 cm³/mol. The molecule has 0 amide bonds. The Morgan fingerprint density at radius 2 is 0.439 bits per heavy atom. The molecule has 21 aromatic carbocycles. The number of benzene rings is 21. The fourth-order valence-electron chi connectivity index (χ4n) is 19.2. The molecule has 0 unspecified atom stereocenters. The molecule has 9 nitrogen and oxygen atoms in total. The largest absolute Gasteiger partial charge is 0.455 e. The van der Waals surface area contributed by atoms with Gasteiger partial charge >= 0.3 is 0 Å². The summed E-state index contributed by atoms with van der Waals surface area (Å²) < 4.78 is 19.6. The smallest absolute Gasteiger partial charge is 0.143 e. The van der Waals surface area contributed by atoms with Crippen molar-refractivity contribution >= 4 is 196 Å². The number of nitrogens with zero attached hydrogens (tertiary/aromatic N) is 6. The van der Waals surface area contributed by atoms with Crippen LogP contribution in [0, 0.1) is 0 Å². The van der Waals surface area contributed by atoms with Gasteiger partial charge in [0, 0.05) is 98.0 Å². The molecule has 0 aliphatic heterocycles. The number of fused-ring (bicyclic) bond motifs is 33. The van der Waals surface area contributed by atoms with Gasteiger partial charge in [-0.25, -0.2) is 15.0 Å². The molecule has 27 rings (SSSR count). The van der Waals surface area contributed by atoms with Gasteiger partial charge in [0.15, 0.2) is 0 Å². The maximum absolute atomic E-state index is 6.58. The number of aromatic nitrogens is 6. The fourth-order valence-corrected chi connectivity index (χ4v) is 19.2. The first-order valence-corrected chi connectivity index (χ1v) is 41.5. The predicted octanol–water partition coefficient (Wildman–Crippen LogP) is 31.0. The van der Waals surface area contributed by atoms with Gasteiger partial charge in [-0.2, -0.15) is 0 Å². The highest BCUT2D eigenvalue weighted by atomic mass is 16.3. The average molecular weight is 1570 g/mol. The summed E-state index contributed by atoms with van der Waals surface area (Å²) in [6, 6.07) is 134. The van der Waals surface area contributed by atoms with Crippen molar-refractivity contribution in [1.29, 1.82) is 0 Å². The second-order valence-electron chi connectivity index (χ2n) is 31.7. The molecule has 0 saturated heterocycles. The van der Waals surface area contributed by atoms with Gasteiger partial charge < -0.3 is 13.3 Å². The van der Waals surface area contributed by atoms with Crippen LogP contribution in [-0.4, -0.2) is 29.9 Å². The van der Waals surface area contributed by atoms with Crippen LogP contribution in [0.5, 0.6) is 0 Å². The van der Waals surface area contributed by atoms with E-state index < -0.39 is 0 Å². The van der Waals surface area contributed by atoms with E-state index in [2.05, 4.69) is 346 Å². The first kappa shape index (κ1) is 69.5. The second kappa shape index (κ2) is 28.0. The molecule has 0 aliphatic carbocycles. The van der Waals surface area contributed by atoms with Crippen LogP contribution in [0.2, 0.25) is 0 Å². The van der Waals surface area contributed by atoms with E-state index in [1.54, 1.807) is 0 Å². The fraction of sp³-hybridized carbons (Fsp3) is 0. The van der Waals surface area contributed by atoms with Gasteiger partial charge in [0.1, 0.15) is 33.5 Å². The van der Waals surface area contributed by atoms with Crippen molar-refractivity contribution in [3.8, 4) is 67.2 Å². The standard InChI is InChI=1S/3C38H22N2O/c1-2-12-24-23(11-1)21-32(38-35(24)31-19-9-10-20-34(31)41-38)27-15-3-6-16-28(27)33-22-39-36-29-17-7-4-13-25(29)26-14-5-8-18-30(26)37(36)40-33;1-2-13-26-24(10-1)21-32(38-35(26)31-18-7-8-19-34(31)41-38)23-11-9-12-25(20-23)33-22-39-36-29-16-5-3-14-27(29)28-15-4-6-17-30(28)37(36)40-33;1-2-10-26-25(9-1)21-32(38-35(26)31-15-7-8-16-34(31)41-38)23-17-19-24(20-18-23)33-22-39-36-29-13-5-3-11-27(29)28-12-4-6-14-30(28)37(36)40-33/h3*1-22H. The van der Waals surface area contributed by atoms with Crippen molar-refractivity contribution in [2.45, 2.75) is 0 Å². The van der Waals surface area contributed by atoms with Crippen molar-refractivity contribution in [2.75, 3.05) is 0 Å². The van der Waals surface area contributed by atoms with Crippen molar-refractivity contribution < 1.29 is 13.3 Å². The third kappa shape index (κ3) is 11.2. The Balaban J connectivity index is 0.000000101. The van der Waals surface area contributed by atoms with E-state index in [0.29, 0.717) is 0 Å². The van der Waals surface area contributed by atoms with Crippen molar-refractivity contribution in [3.05, 3.63) is 401 Å². The lowest BCUT2D eigenvalue weighted by Crippen LogP contribution is -1.94. The summed E-state index contributed by atoms with van der Waals surface area (Å²) in [5.74, 6) is 0. The minimum Gasteiger partial charge on any atom is -0.455 e. The molecule has 0 bridgehead atoms. The quantitative estimate of drug-likeness (QED) is 0.150. The van der Waals surface area contributed by atoms with Crippen LogP contribution in [0.3, 0.4) is 0 Å². The van der Waals surface area contributed by atoms with Crippen molar-refractivity contribution in [2.24, 2.45) is 0 Å². The molecular formula is C114H66N6O3. The summed E-state index contributed by atoms with van der Waals surface area (Å²) in [5.41, 5.74) is 23.1. The van der Waals surface area contributed by atoms with Crippen LogP contribution in [0.1, 0.15) is 0 Å². The molecule has 27 aromatic rings. The minimum absolute atomic E-state index is 0.839. The van der Waals surface area contributed by atoms with Gasteiger partial charge in [-0.05, 0) is 124 Å². The zero-order valence-electron chi connectivity index (χ0n) is 66.0. The van der Waals surface area contributed by atoms with Crippen LogP contribution in [-0.2, 0) is 0 Å². The van der Waals surface area contributed by atoms with Crippen molar-refractivity contribution in [3.63, 3.8) is 0 Å². The molecule has 570 valence electrons. The summed E-state index contributed by atoms with van der Waals surface area (Å²) in [7, 11) is 0. The Hall–Kier alpha value is -16.6. The lowest BCUT2D eigenvalue weighted by molar-refractivity contribution is 0.670. The SMILES string of the molecule is c1cc(-c2cnc3c4ccccc4c4ccccc4c3n2)cc(-c2cc3ccccc3c3c2oc2ccccc23)c1.c1ccc(-c2cc3ccccc3c3c2oc2ccccc23)c(-c2cnc3c4ccccc4c4ccccc4c3n2)c1.c1ccc2c(c1)cc(-c1ccc(-c3cnc4c5ccccc5c5ccccc5c4n3)cc1)c1oc3ccccc3c12. The maximum Gasteiger partial charge on any atom is 0.143 e. The lowest BCUT2D eigenvalue weighted by Gasteiger charge is -2.13. The highest BCUT2D eigenvalue weighted by molar-refractivity contribution is 6.29. The Kier molecular flexibility index (Phi) is 15.8. The van der Waals surface area contributed by atoms with E-state index in [4.69, 9.17) is 43.2 Å². The number of hydrogen-bond donors (Lipinski definition) is 0. The average Bonchev–Trinajstić information content (AvgIpc) is 1.73. The molecule has 6 heterocycles. The molecule has 0 atom stereocenters. The Morgan fingerprint density at radius 1 is 0.163 bits per heavy atom. The highest BCUT2D eigenvalue weighted by Crippen LogP contribution is 2.48.